The van der Waals surface area contributed by atoms with Crippen LogP contribution in [0.2, 0.25) is 0 Å². The minimum atomic E-state index is -0.315. The lowest BCUT2D eigenvalue weighted by molar-refractivity contribution is -0.134. The van der Waals surface area contributed by atoms with E-state index in [1.165, 1.54) is 5.56 Å². The summed E-state index contributed by atoms with van der Waals surface area (Å²) in [6, 6.07) is 6.05. The van der Waals surface area contributed by atoms with E-state index in [-0.39, 0.29) is 17.9 Å². The first-order chi connectivity index (χ1) is 12.1. The third-order valence-electron chi connectivity index (χ3n) is 5.31. The molecule has 0 unspecified atom stereocenters. The summed E-state index contributed by atoms with van der Waals surface area (Å²) in [6.07, 6.45) is 0.608. The van der Waals surface area contributed by atoms with E-state index in [9.17, 15) is 9.90 Å². The Morgan fingerprint density at radius 1 is 1.20 bits per heavy atom. The largest absolute Gasteiger partial charge is 0.486 e. The lowest BCUT2D eigenvalue weighted by atomic mass is 10.1. The number of carbonyl (C=O) groups is 1. The summed E-state index contributed by atoms with van der Waals surface area (Å²) in [7, 11) is 0. The Bertz CT molecular complexity index is 640. The molecule has 0 radical (unpaired) electrons. The number of piperazine rings is 1. The van der Waals surface area contributed by atoms with Crippen LogP contribution in [0.5, 0.6) is 11.5 Å². The van der Waals surface area contributed by atoms with E-state index in [4.69, 9.17) is 9.47 Å². The Morgan fingerprint density at radius 3 is 2.64 bits per heavy atom. The fourth-order valence-corrected chi connectivity index (χ4v) is 3.89. The van der Waals surface area contributed by atoms with Crippen LogP contribution >= 0.6 is 0 Å². The van der Waals surface area contributed by atoms with Gasteiger partial charge in [0.25, 0.3) is 0 Å². The maximum absolute atomic E-state index is 12.8. The average Bonchev–Trinajstić information content (AvgIpc) is 3.41. The average molecular weight is 346 g/mol. The predicted molar refractivity (Wildman–Crippen MR) is 93.0 cm³/mol. The van der Waals surface area contributed by atoms with Gasteiger partial charge in [0.05, 0.1) is 6.10 Å². The fourth-order valence-electron chi connectivity index (χ4n) is 3.89. The first-order valence-corrected chi connectivity index (χ1v) is 9.20. The lowest BCUT2D eigenvalue weighted by Gasteiger charge is -2.35. The van der Waals surface area contributed by atoms with Crippen LogP contribution in [-0.4, -0.2) is 72.9 Å². The second-order valence-corrected chi connectivity index (χ2v) is 7.33. The molecule has 2 aliphatic heterocycles. The van der Waals surface area contributed by atoms with Crippen molar-refractivity contribution in [2.24, 2.45) is 5.92 Å². The van der Waals surface area contributed by atoms with Gasteiger partial charge < -0.3 is 19.5 Å². The third kappa shape index (κ3) is 3.60. The van der Waals surface area contributed by atoms with Crippen LogP contribution in [-0.2, 0) is 4.79 Å². The minimum Gasteiger partial charge on any atom is -0.486 e. The van der Waals surface area contributed by atoms with Gasteiger partial charge in [-0.1, -0.05) is 6.07 Å². The first-order valence-electron chi connectivity index (χ1n) is 9.20. The van der Waals surface area contributed by atoms with E-state index in [1.54, 1.807) is 6.92 Å². The van der Waals surface area contributed by atoms with E-state index in [1.807, 2.05) is 17.0 Å². The molecule has 3 aliphatic rings. The number of fused-ring (bicyclic) bond motifs is 1. The van der Waals surface area contributed by atoms with Crippen molar-refractivity contribution in [3.05, 3.63) is 23.8 Å². The van der Waals surface area contributed by atoms with E-state index in [0.717, 1.165) is 44.1 Å². The van der Waals surface area contributed by atoms with Crippen molar-refractivity contribution >= 4 is 5.91 Å². The zero-order valence-corrected chi connectivity index (χ0v) is 14.7. The highest BCUT2D eigenvalue weighted by Crippen LogP contribution is 2.50. The van der Waals surface area contributed by atoms with Gasteiger partial charge >= 0.3 is 0 Å². The Balaban J connectivity index is 1.33. The van der Waals surface area contributed by atoms with Crippen LogP contribution in [0.1, 0.15) is 24.8 Å². The van der Waals surface area contributed by atoms with Crippen molar-refractivity contribution < 1.29 is 19.4 Å². The smallest absolute Gasteiger partial charge is 0.226 e. The topological polar surface area (TPSA) is 62.2 Å². The number of nitrogens with zero attached hydrogens (tertiary/aromatic N) is 2. The van der Waals surface area contributed by atoms with Crippen LogP contribution in [0.25, 0.3) is 0 Å². The molecular weight excluding hydrogens is 320 g/mol. The van der Waals surface area contributed by atoms with E-state index < -0.39 is 0 Å². The monoisotopic (exact) mass is 346 g/mol. The molecule has 1 amide bonds. The van der Waals surface area contributed by atoms with Crippen LogP contribution in [0, 0.1) is 5.92 Å². The number of rotatable bonds is 4. The second kappa shape index (κ2) is 6.84. The molecule has 1 saturated heterocycles. The van der Waals surface area contributed by atoms with Crippen LogP contribution < -0.4 is 9.47 Å². The molecule has 4 rings (SSSR count). The Labute approximate surface area is 148 Å². The molecule has 1 aliphatic carbocycles. The highest BCUT2D eigenvalue weighted by molar-refractivity contribution is 5.83. The van der Waals surface area contributed by atoms with Crippen molar-refractivity contribution in [3.8, 4) is 11.5 Å². The third-order valence-corrected chi connectivity index (χ3v) is 5.31. The Morgan fingerprint density at radius 2 is 1.92 bits per heavy atom. The summed E-state index contributed by atoms with van der Waals surface area (Å²) < 4.78 is 11.2. The summed E-state index contributed by atoms with van der Waals surface area (Å²) in [5.41, 5.74) is 1.18. The molecule has 1 aromatic rings. The molecule has 6 nitrogen and oxygen atoms in total. The van der Waals surface area contributed by atoms with Gasteiger partial charge in [-0.05, 0) is 37.0 Å². The van der Waals surface area contributed by atoms with Gasteiger partial charge in [0, 0.05) is 38.6 Å². The van der Waals surface area contributed by atoms with Crippen LogP contribution in [0.4, 0.5) is 0 Å². The maximum Gasteiger partial charge on any atom is 0.226 e. The van der Waals surface area contributed by atoms with Gasteiger partial charge in [-0.25, -0.2) is 0 Å². The molecule has 0 spiro atoms. The highest BCUT2D eigenvalue weighted by atomic mass is 16.6. The van der Waals surface area contributed by atoms with E-state index in [2.05, 4.69) is 11.0 Å². The number of carbonyl (C=O) groups excluding carboxylic acids is 1. The molecule has 0 bridgehead atoms. The minimum absolute atomic E-state index is 0.103. The molecule has 6 heteroatoms. The van der Waals surface area contributed by atoms with Gasteiger partial charge in [0.1, 0.15) is 13.2 Å². The SMILES string of the molecule is C[C@@H](O)CN1CCN(C(=O)[C@H]2C[C@H]2c2ccc3c(c2)OCCO3)CC1. The molecule has 25 heavy (non-hydrogen) atoms. The van der Waals surface area contributed by atoms with Crippen LogP contribution in [0.3, 0.4) is 0 Å². The highest BCUT2D eigenvalue weighted by Gasteiger charge is 2.46. The fraction of sp³-hybridized carbons (Fsp3) is 0.632. The number of hydrogen-bond donors (Lipinski definition) is 1. The summed E-state index contributed by atoms with van der Waals surface area (Å²) in [5, 5.41) is 9.48. The van der Waals surface area contributed by atoms with Crippen LogP contribution in [0.15, 0.2) is 18.2 Å². The number of hydrogen-bond acceptors (Lipinski definition) is 5. The summed E-state index contributed by atoms with van der Waals surface area (Å²) in [4.78, 5) is 17.0. The Hall–Kier alpha value is -1.79. The first kappa shape index (κ1) is 16.7. The van der Waals surface area contributed by atoms with Crippen molar-refractivity contribution in [1.29, 1.82) is 0 Å². The summed E-state index contributed by atoms with van der Waals surface area (Å²) in [5.74, 6) is 2.28. The number of aliphatic hydroxyl groups excluding tert-OH is 1. The summed E-state index contributed by atoms with van der Waals surface area (Å²) >= 11 is 0. The van der Waals surface area contributed by atoms with Gasteiger partial charge in [0.15, 0.2) is 11.5 Å². The normalized spacial score (nSPS) is 27.0. The quantitative estimate of drug-likeness (QED) is 0.884. The zero-order chi connectivity index (χ0) is 17.4. The van der Waals surface area contributed by atoms with Gasteiger partial charge in [-0.3, -0.25) is 9.69 Å². The van der Waals surface area contributed by atoms with Gasteiger partial charge in [0.2, 0.25) is 5.91 Å². The Kier molecular flexibility index (Phi) is 4.56. The molecule has 3 atom stereocenters. The summed E-state index contributed by atoms with van der Waals surface area (Å²) in [6.45, 7) is 6.88. The van der Waals surface area contributed by atoms with Gasteiger partial charge in [-0.2, -0.15) is 0 Å². The molecular formula is C19H26N2O4. The molecule has 2 fully saturated rings. The number of ether oxygens (including phenoxy) is 2. The zero-order valence-electron chi connectivity index (χ0n) is 14.7. The van der Waals surface area contributed by atoms with Gasteiger partial charge in [-0.15, -0.1) is 0 Å². The molecule has 136 valence electrons. The lowest BCUT2D eigenvalue weighted by Crippen LogP contribution is -2.50. The van der Waals surface area contributed by atoms with Crippen molar-refractivity contribution in [1.82, 2.24) is 9.80 Å². The van der Waals surface area contributed by atoms with E-state index in [0.29, 0.717) is 25.7 Å². The molecule has 2 heterocycles. The number of aliphatic hydroxyl groups is 1. The standard InChI is InChI=1S/C19H26N2O4/c1-13(22)12-20-4-6-21(7-5-20)19(23)16-11-15(16)14-2-3-17-18(10-14)25-9-8-24-17/h2-3,10,13,15-16,22H,4-9,11-12H2,1H3/t13-,15+,16+/m1/s1. The molecule has 1 aromatic carbocycles. The number of amides is 1. The van der Waals surface area contributed by atoms with Crippen molar-refractivity contribution in [2.45, 2.75) is 25.4 Å². The number of benzene rings is 1. The molecule has 0 aromatic heterocycles. The second-order valence-electron chi connectivity index (χ2n) is 7.33. The molecule has 1 N–H and O–H groups in total. The maximum atomic E-state index is 12.8. The van der Waals surface area contributed by atoms with Crippen molar-refractivity contribution in [3.63, 3.8) is 0 Å². The van der Waals surface area contributed by atoms with E-state index >= 15 is 0 Å². The van der Waals surface area contributed by atoms with Crippen molar-refractivity contribution in [2.75, 3.05) is 45.9 Å². The molecule has 1 saturated carbocycles. The number of β-amino-alcohol motifs (C(OH)–C–C–N with tert-alkyl or cyclic N) is 1. The predicted octanol–water partition coefficient (Wildman–Crippen LogP) is 1.09.